The molecule has 2 N–H and O–H groups in total. The smallest absolute Gasteiger partial charge is 0.263 e. The predicted molar refractivity (Wildman–Crippen MR) is 70.2 cm³/mol. The molecule has 9 heteroatoms. The first-order valence-electron chi connectivity index (χ1n) is 5.97. The standard InChI is InChI=1S/C12H12F3N3O2S/c1-2-8-7-16-17-11(8)18-21(19,20)10-6-4-3-5-9(10)12(13,14)15/h3-7H,2H2,1H3,(H2,16,17,18). The predicted octanol–water partition coefficient (Wildman–Crippen LogP) is 2.79. The molecular weight excluding hydrogens is 307 g/mol. The third-order valence-electron chi connectivity index (χ3n) is 2.82. The second-order valence-corrected chi connectivity index (χ2v) is 5.87. The maximum atomic E-state index is 12.9. The Balaban J connectivity index is 2.46. The Kier molecular flexibility index (Phi) is 3.95. The van der Waals surface area contributed by atoms with Crippen LogP contribution in [0.25, 0.3) is 0 Å². The molecule has 0 aliphatic rings. The van der Waals surface area contributed by atoms with Crippen LogP contribution in [0.5, 0.6) is 0 Å². The summed E-state index contributed by atoms with van der Waals surface area (Å²) in [5.74, 6) is 0.0643. The first kappa shape index (κ1) is 15.4. The molecular formula is C12H12F3N3O2S. The molecule has 0 aliphatic heterocycles. The molecule has 0 saturated carbocycles. The molecule has 2 aromatic rings. The number of H-pyrrole nitrogens is 1. The molecule has 0 radical (unpaired) electrons. The lowest BCUT2D eigenvalue weighted by molar-refractivity contribution is -0.139. The van der Waals surface area contributed by atoms with E-state index in [0.717, 1.165) is 18.2 Å². The number of halogens is 3. The highest BCUT2D eigenvalue weighted by atomic mass is 32.2. The molecule has 5 nitrogen and oxygen atoms in total. The fourth-order valence-corrected chi connectivity index (χ4v) is 3.08. The van der Waals surface area contributed by atoms with Crippen LogP contribution in [0.4, 0.5) is 19.0 Å². The van der Waals surface area contributed by atoms with Crippen LogP contribution in [0.3, 0.4) is 0 Å². The van der Waals surface area contributed by atoms with Gasteiger partial charge in [0.2, 0.25) is 0 Å². The second-order valence-electron chi connectivity index (χ2n) is 4.22. The van der Waals surface area contributed by atoms with Crippen LogP contribution in [-0.2, 0) is 22.6 Å². The lowest BCUT2D eigenvalue weighted by Gasteiger charge is -2.14. The first-order chi connectivity index (χ1) is 9.75. The van der Waals surface area contributed by atoms with Gasteiger partial charge in [0, 0.05) is 5.56 Å². The van der Waals surface area contributed by atoms with Gasteiger partial charge in [-0.05, 0) is 18.6 Å². The van der Waals surface area contributed by atoms with Crippen LogP contribution >= 0.6 is 0 Å². The number of anilines is 1. The molecule has 0 spiro atoms. The van der Waals surface area contributed by atoms with Crippen LogP contribution in [-0.4, -0.2) is 18.6 Å². The van der Waals surface area contributed by atoms with Crippen LogP contribution in [0.15, 0.2) is 35.4 Å². The van der Waals surface area contributed by atoms with Gasteiger partial charge in [0.1, 0.15) is 5.82 Å². The van der Waals surface area contributed by atoms with E-state index in [4.69, 9.17) is 0 Å². The van der Waals surface area contributed by atoms with Crippen LogP contribution < -0.4 is 4.72 Å². The van der Waals surface area contributed by atoms with E-state index in [1.54, 1.807) is 6.92 Å². The number of aromatic nitrogens is 2. The first-order valence-corrected chi connectivity index (χ1v) is 7.45. The minimum atomic E-state index is -4.76. The lowest BCUT2D eigenvalue weighted by Crippen LogP contribution is -2.19. The largest absolute Gasteiger partial charge is 0.417 e. The van der Waals surface area contributed by atoms with Crippen molar-refractivity contribution in [2.24, 2.45) is 0 Å². The van der Waals surface area contributed by atoms with Crippen molar-refractivity contribution in [1.29, 1.82) is 0 Å². The number of sulfonamides is 1. The molecule has 1 heterocycles. The van der Waals surface area contributed by atoms with Crippen molar-refractivity contribution < 1.29 is 21.6 Å². The van der Waals surface area contributed by atoms with E-state index in [1.165, 1.54) is 12.3 Å². The maximum absolute atomic E-state index is 12.9. The van der Waals surface area contributed by atoms with Crippen LogP contribution in [0.2, 0.25) is 0 Å². The van der Waals surface area contributed by atoms with E-state index in [-0.39, 0.29) is 5.82 Å². The van der Waals surface area contributed by atoms with E-state index >= 15 is 0 Å². The summed E-state index contributed by atoms with van der Waals surface area (Å²) in [4.78, 5) is -0.825. The molecule has 0 fully saturated rings. The zero-order chi connectivity index (χ0) is 15.7. The van der Waals surface area contributed by atoms with Crippen molar-refractivity contribution in [3.63, 3.8) is 0 Å². The van der Waals surface area contributed by atoms with E-state index in [2.05, 4.69) is 14.9 Å². The van der Waals surface area contributed by atoms with Crippen LogP contribution in [0.1, 0.15) is 18.1 Å². The van der Waals surface area contributed by atoms with E-state index in [1.807, 2.05) is 0 Å². The van der Waals surface area contributed by atoms with Crippen molar-refractivity contribution in [1.82, 2.24) is 10.2 Å². The molecule has 0 bridgehead atoms. The van der Waals surface area contributed by atoms with E-state index < -0.39 is 26.7 Å². The number of benzene rings is 1. The molecule has 1 aromatic carbocycles. The molecule has 0 atom stereocenters. The molecule has 1 aromatic heterocycles. The monoisotopic (exact) mass is 319 g/mol. The van der Waals surface area contributed by atoms with Gasteiger partial charge in [-0.15, -0.1) is 0 Å². The van der Waals surface area contributed by atoms with Crippen molar-refractivity contribution in [2.45, 2.75) is 24.4 Å². The number of hydrogen-bond donors (Lipinski definition) is 2. The highest BCUT2D eigenvalue weighted by molar-refractivity contribution is 7.92. The lowest BCUT2D eigenvalue weighted by atomic mass is 10.2. The van der Waals surface area contributed by atoms with E-state index in [9.17, 15) is 21.6 Å². The minimum Gasteiger partial charge on any atom is -0.263 e. The Morgan fingerprint density at radius 2 is 1.95 bits per heavy atom. The summed E-state index contributed by atoms with van der Waals surface area (Å²) in [6, 6.07) is 4.00. The molecule has 114 valence electrons. The summed E-state index contributed by atoms with van der Waals surface area (Å²) in [6.45, 7) is 1.77. The molecule has 21 heavy (non-hydrogen) atoms. The highest BCUT2D eigenvalue weighted by Crippen LogP contribution is 2.34. The van der Waals surface area contributed by atoms with Crippen molar-refractivity contribution in [3.8, 4) is 0 Å². The number of alkyl halides is 3. The Labute approximate surface area is 119 Å². The molecule has 0 amide bonds. The quantitative estimate of drug-likeness (QED) is 0.910. The number of nitrogens with zero attached hydrogens (tertiary/aromatic N) is 1. The number of aryl methyl sites for hydroxylation is 1. The number of nitrogens with one attached hydrogen (secondary N) is 2. The zero-order valence-electron chi connectivity index (χ0n) is 10.9. The molecule has 2 rings (SSSR count). The second kappa shape index (κ2) is 5.40. The average molecular weight is 319 g/mol. The number of rotatable bonds is 4. The summed E-state index contributed by atoms with van der Waals surface area (Å²) in [5.41, 5.74) is -0.655. The Hall–Kier alpha value is -2.03. The Morgan fingerprint density at radius 1 is 1.29 bits per heavy atom. The van der Waals surface area contributed by atoms with Gasteiger partial charge in [0.15, 0.2) is 0 Å². The topological polar surface area (TPSA) is 74.8 Å². The maximum Gasteiger partial charge on any atom is 0.417 e. The molecule has 0 aliphatic carbocycles. The van der Waals surface area contributed by atoms with Gasteiger partial charge < -0.3 is 0 Å². The fourth-order valence-electron chi connectivity index (χ4n) is 1.79. The van der Waals surface area contributed by atoms with Crippen molar-refractivity contribution >= 4 is 15.8 Å². The van der Waals surface area contributed by atoms with Crippen LogP contribution in [0, 0.1) is 0 Å². The average Bonchev–Trinajstić information content (AvgIpc) is 2.84. The summed E-state index contributed by atoms with van der Waals surface area (Å²) in [6.07, 6.45) is -2.87. The van der Waals surface area contributed by atoms with E-state index in [0.29, 0.717) is 12.0 Å². The van der Waals surface area contributed by atoms with Gasteiger partial charge in [-0.2, -0.15) is 18.3 Å². The summed E-state index contributed by atoms with van der Waals surface area (Å²) >= 11 is 0. The van der Waals surface area contributed by atoms with Gasteiger partial charge in [0.25, 0.3) is 10.0 Å². The van der Waals surface area contributed by atoms with Gasteiger partial charge >= 0.3 is 6.18 Å². The normalized spacial score (nSPS) is 12.4. The van der Waals surface area contributed by atoms with Gasteiger partial charge in [-0.25, -0.2) is 8.42 Å². The third kappa shape index (κ3) is 3.18. The molecule has 0 unspecified atom stereocenters. The fraction of sp³-hybridized carbons (Fsp3) is 0.250. The zero-order valence-corrected chi connectivity index (χ0v) is 11.7. The minimum absolute atomic E-state index is 0.0643. The number of hydrogen-bond acceptors (Lipinski definition) is 3. The molecule has 0 saturated heterocycles. The Bertz CT molecular complexity index is 738. The highest BCUT2D eigenvalue weighted by Gasteiger charge is 2.37. The SMILES string of the molecule is CCc1cn[nH]c1NS(=O)(=O)c1ccccc1C(F)(F)F. The van der Waals surface area contributed by atoms with Crippen molar-refractivity contribution in [2.75, 3.05) is 4.72 Å². The number of aromatic amines is 1. The summed E-state index contributed by atoms with van der Waals surface area (Å²) < 4.78 is 65.1. The van der Waals surface area contributed by atoms with Gasteiger partial charge in [0.05, 0.1) is 16.7 Å². The van der Waals surface area contributed by atoms with Crippen molar-refractivity contribution in [3.05, 3.63) is 41.6 Å². The third-order valence-corrected chi connectivity index (χ3v) is 4.23. The van der Waals surface area contributed by atoms with Gasteiger partial charge in [-0.3, -0.25) is 9.82 Å². The van der Waals surface area contributed by atoms with Gasteiger partial charge in [-0.1, -0.05) is 19.1 Å². The summed E-state index contributed by atoms with van der Waals surface area (Å²) in [5, 5.41) is 6.09. The Morgan fingerprint density at radius 3 is 2.57 bits per heavy atom. The summed E-state index contributed by atoms with van der Waals surface area (Å²) in [7, 11) is -4.37.